The lowest BCUT2D eigenvalue weighted by Gasteiger charge is -2.38. The van der Waals surface area contributed by atoms with Crippen molar-refractivity contribution in [2.24, 2.45) is 11.8 Å². The molecule has 0 spiro atoms. The summed E-state index contributed by atoms with van der Waals surface area (Å²) in [6.45, 7) is 11.6. The molecule has 7 heteroatoms. The van der Waals surface area contributed by atoms with Gasteiger partial charge in [-0.15, -0.1) is 0 Å². The average Bonchev–Trinajstić information content (AvgIpc) is 3.42. The third-order valence-corrected chi connectivity index (χ3v) is 13.2. The molecule has 3 saturated heterocycles. The van der Waals surface area contributed by atoms with E-state index in [0.717, 1.165) is 23.6 Å². The first-order valence-electron chi connectivity index (χ1n) is 12.1. The minimum Gasteiger partial charge on any atom is -0.417 e. The lowest BCUT2D eigenvalue weighted by atomic mass is 9.71. The average molecular weight is 477 g/mol. The Hall–Kier alpha value is -2.53. The van der Waals surface area contributed by atoms with Crippen LogP contribution in [0.5, 0.6) is 0 Å². The molecule has 3 fully saturated rings. The van der Waals surface area contributed by atoms with Gasteiger partial charge in [-0.1, -0.05) is 45.0 Å². The lowest BCUT2D eigenvalue weighted by Crippen LogP contribution is -2.45. The number of hydrogen-bond donors (Lipinski definition) is 0. The molecule has 2 aromatic carbocycles. The summed E-state index contributed by atoms with van der Waals surface area (Å²) in [5, 5.41) is 11.1. The number of rotatable bonds is 5. The van der Waals surface area contributed by atoms with Gasteiger partial charge in [-0.25, -0.2) is 4.90 Å². The van der Waals surface area contributed by atoms with Crippen LogP contribution in [-0.4, -0.2) is 38.4 Å². The Balaban J connectivity index is 1.46. The summed E-state index contributed by atoms with van der Waals surface area (Å²) < 4.78 is 12.8. The molecule has 0 unspecified atom stereocenters. The van der Waals surface area contributed by atoms with Crippen LogP contribution >= 0.6 is 0 Å². The van der Waals surface area contributed by atoms with Crippen LogP contribution in [0.15, 0.2) is 36.4 Å². The number of nitrogens with zero attached hydrogens (tertiary/aromatic N) is 2. The van der Waals surface area contributed by atoms with Gasteiger partial charge in [0, 0.05) is 17.4 Å². The summed E-state index contributed by atoms with van der Waals surface area (Å²) in [7, 11) is -1.92. The molecule has 3 aliphatic heterocycles. The Kier molecular flexibility index (Phi) is 5.29. The first-order valence-corrected chi connectivity index (χ1v) is 15.0. The number of benzene rings is 2. The highest BCUT2D eigenvalue weighted by atomic mass is 28.4. The molecule has 6 nitrogen and oxygen atoms in total. The molecule has 2 amide bonds. The minimum atomic E-state index is -1.92. The van der Waals surface area contributed by atoms with Crippen LogP contribution in [-0.2, 0) is 18.8 Å². The number of carbonyl (C=O) groups is 2. The van der Waals surface area contributed by atoms with Crippen molar-refractivity contribution in [1.29, 1.82) is 5.26 Å². The molecule has 3 heterocycles. The molecule has 4 atom stereocenters. The molecule has 34 heavy (non-hydrogen) atoms. The maximum absolute atomic E-state index is 13.8. The zero-order valence-electron chi connectivity index (χ0n) is 20.6. The first kappa shape index (κ1) is 23.2. The predicted molar refractivity (Wildman–Crippen MR) is 133 cm³/mol. The maximum Gasteiger partial charge on any atom is 0.240 e. The number of amides is 2. The topological polar surface area (TPSA) is 79.6 Å². The van der Waals surface area contributed by atoms with Crippen LogP contribution in [0, 0.1) is 23.2 Å². The normalized spacial score (nSPS) is 28.6. The van der Waals surface area contributed by atoms with Gasteiger partial charge in [0.2, 0.25) is 11.8 Å². The van der Waals surface area contributed by atoms with Gasteiger partial charge in [-0.3, -0.25) is 9.59 Å². The molecular weight excluding hydrogens is 444 g/mol. The Morgan fingerprint density at radius 3 is 2.53 bits per heavy atom. The van der Waals surface area contributed by atoms with E-state index in [9.17, 15) is 14.9 Å². The van der Waals surface area contributed by atoms with E-state index in [1.807, 2.05) is 24.3 Å². The number of hydrogen-bond acceptors (Lipinski definition) is 5. The second-order valence-electron chi connectivity index (χ2n) is 11.4. The number of nitriles is 1. The van der Waals surface area contributed by atoms with Gasteiger partial charge in [0.25, 0.3) is 0 Å². The summed E-state index contributed by atoms with van der Waals surface area (Å²) in [6, 6.07) is 13.1. The molecule has 2 bridgehead atoms. The van der Waals surface area contributed by atoms with Crippen LogP contribution in [0.3, 0.4) is 0 Å². The van der Waals surface area contributed by atoms with E-state index in [0.29, 0.717) is 24.3 Å². The number of carbonyl (C=O) groups excluding carboxylic acids is 2. The molecule has 0 saturated carbocycles. The Morgan fingerprint density at radius 2 is 1.85 bits per heavy atom. The lowest BCUT2D eigenvalue weighted by molar-refractivity contribution is -0.128. The zero-order chi connectivity index (χ0) is 24.5. The molecule has 2 aromatic rings. The standard InChI is InChI=1S/C27H32N2O4Si/c1-26(2,3)34(4,5)32-15-14-27-13-12-21(33-27)22-23(27)25(31)29(24(22)30)20-11-10-17(16-28)18-8-6-7-9-19(18)20/h6-11,21-23H,12-15H2,1-5H3/t21-,22-,23+,27-/m1/s1. The number of imide groups is 1. The Morgan fingerprint density at radius 1 is 1.15 bits per heavy atom. The van der Waals surface area contributed by atoms with Crippen molar-refractivity contribution in [3.63, 3.8) is 0 Å². The van der Waals surface area contributed by atoms with E-state index in [1.54, 1.807) is 12.1 Å². The summed E-state index contributed by atoms with van der Waals surface area (Å²) in [5.41, 5.74) is 0.453. The number of fused-ring (bicyclic) bond motifs is 6. The van der Waals surface area contributed by atoms with Gasteiger partial charge in [0.1, 0.15) is 0 Å². The van der Waals surface area contributed by atoms with Gasteiger partial charge in [-0.2, -0.15) is 5.26 Å². The van der Waals surface area contributed by atoms with E-state index in [4.69, 9.17) is 9.16 Å². The van der Waals surface area contributed by atoms with Crippen molar-refractivity contribution in [1.82, 2.24) is 0 Å². The van der Waals surface area contributed by atoms with Crippen LogP contribution < -0.4 is 4.90 Å². The smallest absolute Gasteiger partial charge is 0.240 e. The van der Waals surface area contributed by atoms with Crippen molar-refractivity contribution in [3.05, 3.63) is 42.0 Å². The molecule has 178 valence electrons. The van der Waals surface area contributed by atoms with Crippen LogP contribution in [0.1, 0.15) is 45.6 Å². The summed E-state index contributed by atoms with van der Waals surface area (Å²) >= 11 is 0. The second-order valence-corrected chi connectivity index (χ2v) is 16.2. The molecule has 0 radical (unpaired) electrons. The van der Waals surface area contributed by atoms with Gasteiger partial charge in [0.15, 0.2) is 8.32 Å². The first-order chi connectivity index (χ1) is 16.0. The highest BCUT2D eigenvalue weighted by molar-refractivity contribution is 6.74. The molecule has 0 N–H and O–H groups in total. The quantitative estimate of drug-likeness (QED) is 0.440. The highest BCUT2D eigenvalue weighted by Crippen LogP contribution is 2.57. The second kappa shape index (κ2) is 7.74. The van der Waals surface area contributed by atoms with Crippen molar-refractivity contribution >= 4 is 36.6 Å². The zero-order valence-corrected chi connectivity index (χ0v) is 21.6. The van der Waals surface area contributed by atoms with E-state index in [1.165, 1.54) is 4.90 Å². The van der Waals surface area contributed by atoms with Crippen LogP contribution in [0.2, 0.25) is 18.1 Å². The third-order valence-electron chi connectivity index (χ3n) is 8.61. The van der Waals surface area contributed by atoms with Gasteiger partial charge in [-0.05, 0) is 49.5 Å². The largest absolute Gasteiger partial charge is 0.417 e. The fourth-order valence-corrected chi connectivity index (χ4v) is 6.80. The van der Waals surface area contributed by atoms with Gasteiger partial charge < -0.3 is 9.16 Å². The maximum atomic E-state index is 13.8. The fraction of sp³-hybridized carbons (Fsp3) is 0.519. The molecule has 3 aliphatic rings. The van der Waals surface area contributed by atoms with Crippen LogP contribution in [0.4, 0.5) is 5.69 Å². The van der Waals surface area contributed by atoms with E-state index < -0.39 is 25.8 Å². The van der Waals surface area contributed by atoms with E-state index in [-0.39, 0.29) is 23.0 Å². The molecular formula is C27H32N2O4Si. The van der Waals surface area contributed by atoms with Gasteiger partial charge in [0.05, 0.1) is 40.9 Å². The van der Waals surface area contributed by atoms with Crippen molar-refractivity contribution < 1.29 is 18.8 Å². The minimum absolute atomic E-state index is 0.106. The number of anilines is 1. The Labute approximate surface area is 202 Å². The molecule has 0 aliphatic carbocycles. The van der Waals surface area contributed by atoms with Crippen molar-refractivity contribution in [3.8, 4) is 6.07 Å². The monoisotopic (exact) mass is 476 g/mol. The summed E-state index contributed by atoms with van der Waals surface area (Å²) in [5.74, 6) is -1.28. The van der Waals surface area contributed by atoms with Crippen molar-refractivity contribution in [2.75, 3.05) is 11.5 Å². The third kappa shape index (κ3) is 3.27. The SMILES string of the molecule is CC(C)(C)[Si](C)(C)OCC[C@@]12CC[C@@H](O1)[C@H]1C(=O)N(c3ccc(C#N)c4ccccc34)C(=O)[C@H]12. The summed E-state index contributed by atoms with van der Waals surface area (Å²) in [4.78, 5) is 28.8. The highest BCUT2D eigenvalue weighted by Gasteiger charge is 2.69. The van der Waals surface area contributed by atoms with E-state index >= 15 is 0 Å². The molecule has 0 aromatic heterocycles. The molecule has 5 rings (SSSR count). The number of ether oxygens (including phenoxy) is 1. The van der Waals surface area contributed by atoms with E-state index in [2.05, 4.69) is 39.9 Å². The summed E-state index contributed by atoms with van der Waals surface area (Å²) in [6.07, 6.45) is 1.98. The van der Waals surface area contributed by atoms with Gasteiger partial charge >= 0.3 is 0 Å². The predicted octanol–water partition coefficient (Wildman–Crippen LogP) is 5.16. The fourth-order valence-electron chi connectivity index (χ4n) is 5.75. The van der Waals surface area contributed by atoms with Crippen LogP contribution in [0.25, 0.3) is 10.8 Å². The van der Waals surface area contributed by atoms with Crippen molar-refractivity contribution in [2.45, 2.75) is 69.9 Å². The Bertz CT molecular complexity index is 1230.